The number of phenolic OH excluding ortho intramolecular Hbond substituents is 2. The van der Waals surface area contributed by atoms with Gasteiger partial charge in [0.05, 0.1) is 12.7 Å². The van der Waals surface area contributed by atoms with Crippen LogP contribution < -0.4 is 4.74 Å². The Balaban J connectivity index is 1.76. The van der Waals surface area contributed by atoms with E-state index in [1.54, 1.807) is 13.2 Å². The molecule has 1 saturated heterocycles. The molecule has 1 aliphatic rings. The van der Waals surface area contributed by atoms with Crippen LogP contribution in [0, 0.1) is 0 Å². The van der Waals surface area contributed by atoms with Crippen molar-refractivity contribution in [2.75, 3.05) is 31.7 Å². The normalized spacial score (nSPS) is 15.1. The van der Waals surface area contributed by atoms with E-state index in [4.69, 9.17) is 4.74 Å². The number of carbonyl (C=O) groups is 1. The highest BCUT2D eigenvalue weighted by Gasteiger charge is 2.14. The van der Waals surface area contributed by atoms with Gasteiger partial charge in [-0.05, 0) is 35.9 Å². The maximum absolute atomic E-state index is 12.3. The highest BCUT2D eigenvalue weighted by molar-refractivity contribution is 7.99. The maximum atomic E-state index is 12.3. The fourth-order valence-electron chi connectivity index (χ4n) is 3.02. The first-order chi connectivity index (χ1) is 13.1. The zero-order chi connectivity index (χ0) is 19.2. The van der Waals surface area contributed by atoms with Gasteiger partial charge in [-0.15, -0.1) is 0 Å². The van der Waals surface area contributed by atoms with Crippen LogP contribution >= 0.6 is 11.8 Å². The largest absolute Gasteiger partial charge is 0.508 e. The van der Waals surface area contributed by atoms with Gasteiger partial charge in [-0.2, -0.15) is 11.8 Å². The van der Waals surface area contributed by atoms with Crippen LogP contribution in [0.1, 0.15) is 21.5 Å². The average molecular weight is 385 g/mol. The lowest BCUT2D eigenvalue weighted by molar-refractivity contribution is 0.104. The summed E-state index contributed by atoms with van der Waals surface area (Å²) in [5.74, 6) is 2.50. The molecule has 1 heterocycles. The second kappa shape index (κ2) is 8.97. The summed E-state index contributed by atoms with van der Waals surface area (Å²) in [6, 6.07) is 9.78. The summed E-state index contributed by atoms with van der Waals surface area (Å²) in [6.45, 7) is 2.94. The molecule has 5 nitrogen and oxygen atoms in total. The number of carbonyl (C=O) groups excluding carboxylic acids is 1. The minimum Gasteiger partial charge on any atom is -0.508 e. The lowest BCUT2D eigenvalue weighted by Crippen LogP contribution is -2.32. The summed E-state index contributed by atoms with van der Waals surface area (Å²) in [6.07, 6.45) is 3.15. The summed E-state index contributed by atoms with van der Waals surface area (Å²) in [7, 11) is 1.66. The maximum Gasteiger partial charge on any atom is 0.189 e. The van der Waals surface area contributed by atoms with Crippen molar-refractivity contribution in [1.82, 2.24) is 4.90 Å². The molecule has 0 atom stereocenters. The molecule has 0 amide bonds. The predicted octanol–water partition coefficient (Wildman–Crippen LogP) is 3.55. The number of hydrogen-bond acceptors (Lipinski definition) is 6. The van der Waals surface area contributed by atoms with Crippen molar-refractivity contribution in [3.63, 3.8) is 0 Å². The van der Waals surface area contributed by atoms with Crippen LogP contribution in [0.25, 0.3) is 6.08 Å². The Morgan fingerprint density at radius 1 is 1.19 bits per heavy atom. The number of phenols is 2. The van der Waals surface area contributed by atoms with Gasteiger partial charge in [0, 0.05) is 42.8 Å². The Hall–Kier alpha value is -2.44. The Labute approximate surface area is 163 Å². The van der Waals surface area contributed by atoms with Crippen molar-refractivity contribution in [3.05, 3.63) is 59.2 Å². The van der Waals surface area contributed by atoms with E-state index < -0.39 is 0 Å². The smallest absolute Gasteiger partial charge is 0.189 e. The van der Waals surface area contributed by atoms with Gasteiger partial charge in [0.1, 0.15) is 17.2 Å². The van der Waals surface area contributed by atoms with Crippen molar-refractivity contribution in [2.24, 2.45) is 0 Å². The molecule has 142 valence electrons. The topological polar surface area (TPSA) is 70.0 Å². The molecule has 1 aliphatic heterocycles. The lowest BCUT2D eigenvalue weighted by Gasteiger charge is -2.26. The lowest BCUT2D eigenvalue weighted by atomic mass is 10.1. The van der Waals surface area contributed by atoms with Crippen LogP contribution in [0.15, 0.2) is 42.5 Å². The number of thioether (sulfide) groups is 1. The Kier molecular flexibility index (Phi) is 6.42. The zero-order valence-electron chi connectivity index (χ0n) is 15.2. The molecule has 6 heteroatoms. The van der Waals surface area contributed by atoms with Crippen molar-refractivity contribution >= 4 is 23.6 Å². The number of rotatable bonds is 6. The number of allylic oxidation sites excluding steroid dienone is 1. The van der Waals surface area contributed by atoms with Crippen LogP contribution in [0.4, 0.5) is 0 Å². The SMILES string of the molecule is COc1ccc(/C=C/C(=O)c2ccc(O)cc2O)cc1CN1CCSCC1. The molecular weight excluding hydrogens is 362 g/mol. The van der Waals surface area contributed by atoms with Gasteiger partial charge >= 0.3 is 0 Å². The predicted molar refractivity (Wildman–Crippen MR) is 109 cm³/mol. The van der Waals surface area contributed by atoms with E-state index in [-0.39, 0.29) is 22.8 Å². The number of benzene rings is 2. The molecule has 3 rings (SSSR count). The second-order valence-electron chi connectivity index (χ2n) is 6.36. The van der Waals surface area contributed by atoms with Crippen molar-refractivity contribution < 1.29 is 19.7 Å². The number of ketones is 1. The van der Waals surface area contributed by atoms with Gasteiger partial charge in [0.25, 0.3) is 0 Å². The second-order valence-corrected chi connectivity index (χ2v) is 7.58. The van der Waals surface area contributed by atoms with Crippen LogP contribution in [-0.2, 0) is 6.54 Å². The van der Waals surface area contributed by atoms with Gasteiger partial charge in [0.2, 0.25) is 0 Å². The van der Waals surface area contributed by atoms with Crippen LogP contribution in [0.3, 0.4) is 0 Å². The first-order valence-electron chi connectivity index (χ1n) is 8.78. The van der Waals surface area contributed by atoms with Gasteiger partial charge in [-0.25, -0.2) is 0 Å². The Morgan fingerprint density at radius 3 is 2.67 bits per heavy atom. The molecule has 0 aliphatic carbocycles. The molecule has 0 aromatic heterocycles. The summed E-state index contributed by atoms with van der Waals surface area (Å²) in [5, 5.41) is 19.2. The first kappa shape index (κ1) is 19.3. The average Bonchev–Trinajstić information content (AvgIpc) is 2.67. The standard InChI is InChI=1S/C21H23NO4S/c1-26-21-7-3-15(12-16(21)14-22-8-10-27-11-9-22)2-6-19(24)18-5-4-17(23)13-20(18)25/h2-7,12-13,23,25H,8-11,14H2,1H3/b6-2+. The van der Waals surface area contributed by atoms with E-state index in [0.717, 1.165) is 54.1 Å². The Morgan fingerprint density at radius 2 is 1.96 bits per heavy atom. The molecule has 0 unspecified atom stereocenters. The van der Waals surface area contributed by atoms with Crippen LogP contribution in [-0.4, -0.2) is 52.6 Å². The van der Waals surface area contributed by atoms with Crippen molar-refractivity contribution in [1.29, 1.82) is 0 Å². The van der Waals surface area contributed by atoms with Gasteiger partial charge in [-0.3, -0.25) is 9.69 Å². The van der Waals surface area contributed by atoms with Gasteiger partial charge < -0.3 is 14.9 Å². The number of methoxy groups -OCH3 is 1. The highest BCUT2D eigenvalue weighted by atomic mass is 32.2. The fraction of sp³-hybridized carbons (Fsp3) is 0.286. The quantitative estimate of drug-likeness (QED) is 0.585. The van der Waals surface area contributed by atoms with E-state index in [1.165, 1.54) is 18.2 Å². The van der Waals surface area contributed by atoms with Crippen LogP contribution in [0.5, 0.6) is 17.2 Å². The minimum atomic E-state index is -0.321. The van der Waals surface area contributed by atoms with Crippen molar-refractivity contribution in [3.8, 4) is 17.2 Å². The van der Waals surface area contributed by atoms with E-state index in [2.05, 4.69) is 4.90 Å². The molecule has 0 radical (unpaired) electrons. The van der Waals surface area contributed by atoms with Crippen molar-refractivity contribution in [2.45, 2.75) is 6.54 Å². The van der Waals surface area contributed by atoms with Crippen LogP contribution in [0.2, 0.25) is 0 Å². The molecule has 0 saturated carbocycles. The number of nitrogens with zero attached hydrogens (tertiary/aromatic N) is 1. The molecule has 2 N–H and O–H groups in total. The third-order valence-electron chi connectivity index (χ3n) is 4.48. The van der Waals surface area contributed by atoms with Gasteiger partial charge in [-0.1, -0.05) is 12.1 Å². The molecule has 27 heavy (non-hydrogen) atoms. The zero-order valence-corrected chi connectivity index (χ0v) is 16.0. The van der Waals surface area contributed by atoms with E-state index in [0.29, 0.717) is 0 Å². The number of ether oxygens (including phenoxy) is 1. The molecule has 1 fully saturated rings. The molecule has 2 aromatic carbocycles. The first-order valence-corrected chi connectivity index (χ1v) is 9.93. The van der Waals surface area contributed by atoms with E-state index in [1.807, 2.05) is 30.0 Å². The number of hydrogen-bond donors (Lipinski definition) is 2. The number of aromatic hydroxyl groups is 2. The summed E-state index contributed by atoms with van der Waals surface area (Å²) < 4.78 is 5.48. The fourth-order valence-corrected chi connectivity index (χ4v) is 3.99. The summed E-state index contributed by atoms with van der Waals surface area (Å²) in [4.78, 5) is 14.7. The van der Waals surface area contributed by atoms with E-state index >= 15 is 0 Å². The monoisotopic (exact) mass is 385 g/mol. The molecular formula is C21H23NO4S. The molecule has 0 spiro atoms. The van der Waals surface area contributed by atoms with E-state index in [9.17, 15) is 15.0 Å². The van der Waals surface area contributed by atoms with Gasteiger partial charge in [0.15, 0.2) is 5.78 Å². The molecule has 0 bridgehead atoms. The third kappa shape index (κ3) is 5.05. The summed E-state index contributed by atoms with van der Waals surface area (Å²) >= 11 is 1.98. The third-order valence-corrected chi connectivity index (χ3v) is 5.42. The highest BCUT2D eigenvalue weighted by Crippen LogP contribution is 2.25. The summed E-state index contributed by atoms with van der Waals surface area (Å²) in [5.41, 5.74) is 2.14. The Bertz CT molecular complexity index is 844. The minimum absolute atomic E-state index is 0.0797. The molecule has 2 aromatic rings.